The second-order valence-corrected chi connectivity index (χ2v) is 7.32. The van der Waals surface area contributed by atoms with Crippen LogP contribution in [0.3, 0.4) is 0 Å². The summed E-state index contributed by atoms with van der Waals surface area (Å²) < 4.78 is 7.46. The van der Waals surface area contributed by atoms with Crippen molar-refractivity contribution in [3.8, 4) is 5.75 Å². The molecule has 4 heteroatoms. The number of nitrogens with two attached hydrogens (primary N) is 1. The van der Waals surface area contributed by atoms with E-state index < -0.39 is 0 Å². The molecule has 20 heavy (non-hydrogen) atoms. The summed E-state index contributed by atoms with van der Waals surface area (Å²) in [7, 11) is 0. The lowest BCUT2D eigenvalue weighted by molar-refractivity contribution is -0.0279. The van der Waals surface area contributed by atoms with E-state index in [1.165, 1.54) is 0 Å². The van der Waals surface area contributed by atoms with E-state index in [-0.39, 0.29) is 11.6 Å². The molecule has 1 atom stereocenters. The Morgan fingerprint density at radius 3 is 2.70 bits per heavy atom. The van der Waals surface area contributed by atoms with Crippen molar-refractivity contribution in [2.75, 3.05) is 13.1 Å². The van der Waals surface area contributed by atoms with Gasteiger partial charge in [0.2, 0.25) is 0 Å². The highest BCUT2D eigenvalue weighted by atomic mass is 79.9. The molecule has 2 aliphatic rings. The van der Waals surface area contributed by atoms with Crippen LogP contribution in [-0.4, -0.2) is 29.6 Å². The highest BCUT2D eigenvalue weighted by Crippen LogP contribution is 2.44. The third kappa shape index (κ3) is 2.61. The minimum Gasteiger partial charge on any atom is -0.487 e. The Kier molecular flexibility index (Phi) is 3.82. The molecule has 0 saturated carbocycles. The second kappa shape index (κ2) is 5.32. The molecule has 0 bridgehead atoms. The first kappa shape index (κ1) is 14.4. The van der Waals surface area contributed by atoms with E-state index in [1.54, 1.807) is 0 Å². The Morgan fingerprint density at radius 1 is 1.35 bits per heavy atom. The van der Waals surface area contributed by atoms with Crippen LogP contribution in [0.1, 0.15) is 44.7 Å². The molecule has 2 N–H and O–H groups in total. The SMILES string of the molecule is CC(C)N1CCC2(CC1)C[C@@H](N)c1cc(Br)ccc1O2. The van der Waals surface area contributed by atoms with Gasteiger partial charge in [-0.2, -0.15) is 0 Å². The first-order valence-electron chi connectivity index (χ1n) is 7.47. The third-order valence-electron chi connectivity index (χ3n) is 4.73. The van der Waals surface area contributed by atoms with E-state index in [2.05, 4.69) is 46.8 Å². The van der Waals surface area contributed by atoms with E-state index in [9.17, 15) is 0 Å². The number of rotatable bonds is 1. The van der Waals surface area contributed by atoms with Crippen LogP contribution in [0.15, 0.2) is 22.7 Å². The molecule has 0 aliphatic carbocycles. The third-order valence-corrected chi connectivity index (χ3v) is 5.22. The Bertz CT molecular complexity index is 495. The number of nitrogens with zero attached hydrogens (tertiary/aromatic N) is 1. The summed E-state index contributed by atoms with van der Waals surface area (Å²) in [6.45, 7) is 6.74. The molecule has 0 radical (unpaired) electrons. The maximum atomic E-state index is 6.40. The van der Waals surface area contributed by atoms with Gasteiger partial charge in [0.1, 0.15) is 11.4 Å². The van der Waals surface area contributed by atoms with Gasteiger partial charge in [0.25, 0.3) is 0 Å². The van der Waals surface area contributed by atoms with Gasteiger partial charge >= 0.3 is 0 Å². The Morgan fingerprint density at radius 2 is 2.05 bits per heavy atom. The van der Waals surface area contributed by atoms with E-state index >= 15 is 0 Å². The van der Waals surface area contributed by atoms with Crippen LogP contribution in [0.5, 0.6) is 5.75 Å². The number of ether oxygens (including phenoxy) is 1. The molecule has 2 aliphatic heterocycles. The number of hydrogen-bond acceptors (Lipinski definition) is 3. The van der Waals surface area contributed by atoms with Crippen molar-refractivity contribution in [1.29, 1.82) is 0 Å². The van der Waals surface area contributed by atoms with Gasteiger partial charge in [-0.05, 0) is 44.9 Å². The van der Waals surface area contributed by atoms with Crippen LogP contribution < -0.4 is 10.5 Å². The van der Waals surface area contributed by atoms with Gasteiger partial charge in [-0.1, -0.05) is 15.9 Å². The minimum absolute atomic E-state index is 0.0500. The normalized spacial score (nSPS) is 25.6. The molecule has 1 saturated heterocycles. The summed E-state index contributed by atoms with van der Waals surface area (Å²) in [5.41, 5.74) is 7.49. The highest BCUT2D eigenvalue weighted by molar-refractivity contribution is 9.10. The summed E-state index contributed by atoms with van der Waals surface area (Å²) in [6.07, 6.45) is 3.09. The van der Waals surface area contributed by atoms with E-state index in [4.69, 9.17) is 10.5 Å². The van der Waals surface area contributed by atoms with Crippen molar-refractivity contribution in [3.05, 3.63) is 28.2 Å². The summed E-state index contributed by atoms with van der Waals surface area (Å²) in [5.74, 6) is 0.977. The molecule has 3 nitrogen and oxygen atoms in total. The smallest absolute Gasteiger partial charge is 0.124 e. The summed E-state index contributed by atoms with van der Waals surface area (Å²) in [6, 6.07) is 6.88. The maximum absolute atomic E-state index is 6.40. The lowest BCUT2D eigenvalue weighted by Gasteiger charge is -2.47. The summed E-state index contributed by atoms with van der Waals surface area (Å²) in [4.78, 5) is 2.53. The van der Waals surface area contributed by atoms with Crippen LogP contribution in [0.4, 0.5) is 0 Å². The van der Waals surface area contributed by atoms with E-state index in [0.29, 0.717) is 6.04 Å². The molecular weight excluding hydrogens is 316 g/mol. The van der Waals surface area contributed by atoms with Crippen LogP contribution in [0, 0.1) is 0 Å². The second-order valence-electron chi connectivity index (χ2n) is 6.41. The lowest BCUT2D eigenvalue weighted by atomic mass is 9.80. The molecule has 1 aromatic carbocycles. The van der Waals surface area contributed by atoms with Crippen LogP contribution >= 0.6 is 15.9 Å². The Balaban J connectivity index is 1.80. The number of benzene rings is 1. The van der Waals surface area contributed by atoms with Crippen molar-refractivity contribution >= 4 is 15.9 Å². The summed E-state index contributed by atoms with van der Waals surface area (Å²) >= 11 is 3.51. The zero-order chi connectivity index (χ0) is 14.3. The molecule has 1 spiro atoms. The fourth-order valence-electron chi connectivity index (χ4n) is 3.44. The fourth-order valence-corrected chi connectivity index (χ4v) is 3.82. The standard InChI is InChI=1S/C16H23BrN2O/c1-11(2)19-7-5-16(6-8-19)10-14(18)13-9-12(17)3-4-15(13)20-16/h3-4,9,11,14H,5-8,10,18H2,1-2H3/t14-/m1/s1. The largest absolute Gasteiger partial charge is 0.487 e. The lowest BCUT2D eigenvalue weighted by Crippen LogP contribution is -2.52. The van der Waals surface area contributed by atoms with Gasteiger partial charge in [0.15, 0.2) is 0 Å². The predicted molar refractivity (Wildman–Crippen MR) is 85.0 cm³/mol. The van der Waals surface area contributed by atoms with Gasteiger partial charge in [-0.15, -0.1) is 0 Å². The fraction of sp³-hybridized carbons (Fsp3) is 0.625. The molecule has 0 unspecified atom stereocenters. The van der Waals surface area contributed by atoms with Crippen LogP contribution in [0.2, 0.25) is 0 Å². The number of halogens is 1. The first-order valence-corrected chi connectivity index (χ1v) is 8.26. The van der Waals surface area contributed by atoms with Crippen LogP contribution in [0.25, 0.3) is 0 Å². The van der Waals surface area contributed by atoms with E-state index in [1.807, 2.05) is 6.07 Å². The molecule has 1 aromatic rings. The quantitative estimate of drug-likeness (QED) is 0.851. The van der Waals surface area contributed by atoms with Gasteiger partial charge in [-0.25, -0.2) is 0 Å². The van der Waals surface area contributed by atoms with Gasteiger partial charge in [-0.3, -0.25) is 0 Å². The first-order chi connectivity index (χ1) is 9.49. The van der Waals surface area contributed by atoms with Crippen molar-refractivity contribution < 1.29 is 4.74 Å². The molecule has 110 valence electrons. The summed E-state index contributed by atoms with van der Waals surface area (Å²) in [5, 5.41) is 0. The molecule has 3 rings (SSSR count). The van der Waals surface area contributed by atoms with Gasteiger partial charge in [0.05, 0.1) is 0 Å². The maximum Gasteiger partial charge on any atom is 0.124 e. The number of fused-ring (bicyclic) bond motifs is 1. The zero-order valence-corrected chi connectivity index (χ0v) is 13.8. The monoisotopic (exact) mass is 338 g/mol. The van der Waals surface area contributed by atoms with E-state index in [0.717, 1.165) is 48.1 Å². The van der Waals surface area contributed by atoms with Crippen molar-refractivity contribution in [2.45, 2.75) is 50.8 Å². The Hall–Kier alpha value is -0.580. The number of likely N-dealkylation sites (tertiary alicyclic amines) is 1. The number of hydrogen-bond donors (Lipinski definition) is 1. The predicted octanol–water partition coefficient (Wildman–Crippen LogP) is 3.47. The number of piperidine rings is 1. The average Bonchev–Trinajstić information content (AvgIpc) is 2.40. The van der Waals surface area contributed by atoms with Crippen molar-refractivity contribution in [2.24, 2.45) is 5.73 Å². The van der Waals surface area contributed by atoms with Gasteiger partial charge < -0.3 is 15.4 Å². The zero-order valence-electron chi connectivity index (χ0n) is 12.2. The molecular formula is C16H23BrN2O. The van der Waals surface area contributed by atoms with Crippen LogP contribution in [-0.2, 0) is 0 Å². The highest BCUT2D eigenvalue weighted by Gasteiger charge is 2.42. The van der Waals surface area contributed by atoms with Crippen molar-refractivity contribution in [1.82, 2.24) is 4.90 Å². The average molecular weight is 339 g/mol. The molecule has 0 amide bonds. The topological polar surface area (TPSA) is 38.5 Å². The van der Waals surface area contributed by atoms with Crippen molar-refractivity contribution in [3.63, 3.8) is 0 Å². The molecule has 0 aromatic heterocycles. The minimum atomic E-state index is -0.0500. The Labute approximate surface area is 129 Å². The van der Waals surface area contributed by atoms with Gasteiger partial charge in [0, 0.05) is 41.6 Å². The molecule has 2 heterocycles. The molecule has 1 fully saturated rings.